The number of rotatable bonds is 5. The van der Waals surface area contributed by atoms with Gasteiger partial charge in [-0.15, -0.1) is 0 Å². The number of carbonyl (C=O) groups is 2. The van der Waals surface area contributed by atoms with Gasteiger partial charge in [0, 0.05) is 19.8 Å². The maximum Gasteiger partial charge on any atom is 0.282 e. The van der Waals surface area contributed by atoms with E-state index in [-0.39, 0.29) is 24.4 Å². The largest absolute Gasteiger partial charge is 0.344 e. The van der Waals surface area contributed by atoms with E-state index in [4.69, 9.17) is 5.26 Å². The van der Waals surface area contributed by atoms with Crippen LogP contribution in [0.4, 0.5) is 5.69 Å². The Hall–Kier alpha value is -2.39. The van der Waals surface area contributed by atoms with E-state index in [0.29, 0.717) is 11.3 Å². The van der Waals surface area contributed by atoms with Crippen molar-refractivity contribution in [2.45, 2.75) is 13.0 Å². The monoisotopic (exact) mass is 289 g/mol. The number of anilines is 1. The predicted octanol–water partition coefficient (Wildman–Crippen LogP) is -0.512. The van der Waals surface area contributed by atoms with Gasteiger partial charge in [0.2, 0.25) is 0 Å². The number of nitrogens with one attached hydrogen (secondary N) is 2. The lowest BCUT2D eigenvalue weighted by atomic mass is 10.2. The third-order valence-corrected chi connectivity index (χ3v) is 3.34. The van der Waals surface area contributed by atoms with E-state index < -0.39 is 0 Å². The van der Waals surface area contributed by atoms with E-state index in [2.05, 4.69) is 5.32 Å². The molecular weight excluding hydrogens is 268 g/mol. The van der Waals surface area contributed by atoms with Gasteiger partial charge in [-0.1, -0.05) is 0 Å². The molecular formula is C15H21N4O2+. The van der Waals surface area contributed by atoms with Crippen LogP contribution in [0.1, 0.15) is 12.5 Å². The summed E-state index contributed by atoms with van der Waals surface area (Å²) in [6, 6.07) is 8.32. The van der Waals surface area contributed by atoms with Crippen molar-refractivity contribution in [2.75, 3.05) is 33.0 Å². The van der Waals surface area contributed by atoms with Gasteiger partial charge in [0.1, 0.15) is 0 Å². The van der Waals surface area contributed by atoms with Crippen LogP contribution >= 0.6 is 0 Å². The maximum atomic E-state index is 12.1. The Morgan fingerprint density at radius 2 is 1.90 bits per heavy atom. The zero-order chi connectivity index (χ0) is 16.0. The molecule has 1 aromatic rings. The molecule has 0 bridgehead atoms. The third kappa shape index (κ3) is 4.89. The van der Waals surface area contributed by atoms with E-state index in [1.807, 2.05) is 13.1 Å². The number of nitriles is 1. The van der Waals surface area contributed by atoms with Crippen molar-refractivity contribution in [3.63, 3.8) is 0 Å². The van der Waals surface area contributed by atoms with Gasteiger partial charge in [-0.2, -0.15) is 5.26 Å². The minimum atomic E-state index is -0.357. The summed E-state index contributed by atoms with van der Waals surface area (Å²) in [4.78, 5) is 26.1. The van der Waals surface area contributed by atoms with Crippen LogP contribution in [0.3, 0.4) is 0 Å². The Morgan fingerprint density at radius 3 is 2.38 bits per heavy atom. The van der Waals surface area contributed by atoms with Crippen molar-refractivity contribution in [3.8, 4) is 6.07 Å². The number of carbonyl (C=O) groups excluding carboxylic acids is 2. The summed E-state index contributed by atoms with van der Waals surface area (Å²) in [5.74, 6) is -0.186. The van der Waals surface area contributed by atoms with E-state index in [9.17, 15) is 9.59 Å². The van der Waals surface area contributed by atoms with Crippen LogP contribution in [-0.4, -0.2) is 50.4 Å². The lowest BCUT2D eigenvalue weighted by Gasteiger charge is -2.22. The van der Waals surface area contributed by atoms with E-state index in [1.165, 1.54) is 4.90 Å². The van der Waals surface area contributed by atoms with Crippen LogP contribution < -0.4 is 10.2 Å². The Kier molecular flexibility index (Phi) is 5.88. The van der Waals surface area contributed by atoms with Gasteiger partial charge >= 0.3 is 0 Å². The zero-order valence-electron chi connectivity index (χ0n) is 12.8. The molecule has 6 nitrogen and oxygen atoms in total. The molecule has 1 rings (SSSR count). The fourth-order valence-corrected chi connectivity index (χ4v) is 1.65. The van der Waals surface area contributed by atoms with E-state index in [0.717, 1.165) is 4.90 Å². The molecule has 0 fully saturated rings. The first kappa shape index (κ1) is 16.7. The molecule has 2 N–H and O–H groups in total. The molecule has 0 saturated carbocycles. The fraction of sp³-hybridized carbons (Fsp3) is 0.400. The summed E-state index contributed by atoms with van der Waals surface area (Å²) >= 11 is 0. The van der Waals surface area contributed by atoms with Crippen molar-refractivity contribution in [2.24, 2.45) is 0 Å². The summed E-state index contributed by atoms with van der Waals surface area (Å²) in [6.07, 6.45) is 0. The molecule has 112 valence electrons. The summed E-state index contributed by atoms with van der Waals surface area (Å²) in [5, 5.41) is 11.5. The topological polar surface area (TPSA) is 77.6 Å². The summed E-state index contributed by atoms with van der Waals surface area (Å²) < 4.78 is 0. The van der Waals surface area contributed by atoms with Crippen LogP contribution in [0.25, 0.3) is 0 Å². The summed E-state index contributed by atoms with van der Waals surface area (Å²) in [6.45, 7) is 2.03. The van der Waals surface area contributed by atoms with Gasteiger partial charge in [0.15, 0.2) is 12.6 Å². The average molecular weight is 289 g/mol. The number of hydrogen-bond donors (Lipinski definition) is 2. The average Bonchev–Trinajstić information content (AvgIpc) is 2.46. The highest BCUT2D eigenvalue weighted by atomic mass is 16.2. The lowest BCUT2D eigenvalue weighted by Crippen LogP contribution is -3.15. The molecule has 0 saturated heterocycles. The molecule has 0 radical (unpaired) electrons. The van der Waals surface area contributed by atoms with Crippen molar-refractivity contribution >= 4 is 17.5 Å². The van der Waals surface area contributed by atoms with E-state index >= 15 is 0 Å². The van der Waals surface area contributed by atoms with Crippen molar-refractivity contribution in [3.05, 3.63) is 29.8 Å². The highest BCUT2D eigenvalue weighted by Crippen LogP contribution is 2.08. The molecule has 2 atom stereocenters. The normalized spacial score (nSPS) is 12.9. The minimum Gasteiger partial charge on any atom is -0.344 e. The Labute approximate surface area is 125 Å². The highest BCUT2D eigenvalue weighted by Gasteiger charge is 2.24. The van der Waals surface area contributed by atoms with Crippen LogP contribution in [0.5, 0.6) is 0 Å². The Balaban J connectivity index is 2.61. The van der Waals surface area contributed by atoms with Gasteiger partial charge in [-0.05, 0) is 31.2 Å². The second kappa shape index (κ2) is 7.41. The first-order chi connectivity index (χ1) is 9.85. The first-order valence-electron chi connectivity index (χ1n) is 6.68. The minimum absolute atomic E-state index is 0.0227. The number of nitrogens with zero attached hydrogens (tertiary/aromatic N) is 2. The molecule has 0 aliphatic rings. The number of likely N-dealkylation sites (N-methyl/N-ethyl adjacent to an activating group) is 2. The van der Waals surface area contributed by atoms with Crippen molar-refractivity contribution in [1.29, 1.82) is 5.26 Å². The molecule has 0 aliphatic heterocycles. The zero-order valence-corrected chi connectivity index (χ0v) is 12.8. The molecule has 1 aromatic carbocycles. The second-order valence-electron chi connectivity index (χ2n) is 5.21. The fourth-order valence-electron chi connectivity index (χ4n) is 1.65. The molecule has 0 aliphatic carbocycles. The third-order valence-electron chi connectivity index (χ3n) is 3.34. The predicted molar refractivity (Wildman–Crippen MR) is 79.7 cm³/mol. The van der Waals surface area contributed by atoms with Crippen molar-refractivity contribution in [1.82, 2.24) is 4.90 Å². The van der Waals surface area contributed by atoms with Gasteiger partial charge < -0.3 is 15.1 Å². The second-order valence-corrected chi connectivity index (χ2v) is 5.21. The maximum absolute atomic E-state index is 12.1. The smallest absolute Gasteiger partial charge is 0.282 e. The van der Waals surface area contributed by atoms with Crippen LogP contribution in [0, 0.1) is 11.3 Å². The quantitative estimate of drug-likeness (QED) is 0.766. The van der Waals surface area contributed by atoms with Crippen molar-refractivity contribution < 1.29 is 14.5 Å². The van der Waals surface area contributed by atoms with Crippen LogP contribution in [-0.2, 0) is 9.59 Å². The standard InChI is InChI=1S/C15H20N4O2/c1-11(19(4)10-14(20)18(2)3)15(21)17-13-7-5-12(9-16)6-8-13/h5-8,11H,10H2,1-4H3,(H,17,21)/p+1/t11-/m1/s1. The van der Waals surface area contributed by atoms with Gasteiger partial charge in [-0.3, -0.25) is 9.59 Å². The first-order valence-corrected chi connectivity index (χ1v) is 6.68. The van der Waals surface area contributed by atoms with Crippen LogP contribution in [0.2, 0.25) is 0 Å². The molecule has 21 heavy (non-hydrogen) atoms. The lowest BCUT2D eigenvalue weighted by molar-refractivity contribution is -0.886. The molecule has 2 amide bonds. The molecule has 0 aromatic heterocycles. The molecule has 1 unspecified atom stereocenters. The number of hydrogen-bond acceptors (Lipinski definition) is 3. The SMILES string of the molecule is C[C@H](C(=O)Nc1ccc(C#N)cc1)[NH+](C)CC(=O)N(C)C. The number of benzene rings is 1. The number of quaternary nitrogens is 1. The highest BCUT2D eigenvalue weighted by molar-refractivity contribution is 5.93. The molecule has 6 heteroatoms. The Bertz CT molecular complexity index is 546. The van der Waals surface area contributed by atoms with Gasteiger partial charge in [-0.25, -0.2) is 0 Å². The molecule has 0 spiro atoms. The summed E-state index contributed by atoms with van der Waals surface area (Å²) in [7, 11) is 5.19. The Morgan fingerprint density at radius 1 is 1.33 bits per heavy atom. The van der Waals surface area contributed by atoms with E-state index in [1.54, 1.807) is 45.3 Å². The number of amides is 2. The molecule has 0 heterocycles. The van der Waals surface area contributed by atoms with Gasteiger partial charge in [0.25, 0.3) is 11.8 Å². The van der Waals surface area contributed by atoms with Gasteiger partial charge in [0.05, 0.1) is 18.7 Å². The van der Waals surface area contributed by atoms with Crippen LogP contribution in [0.15, 0.2) is 24.3 Å². The summed E-state index contributed by atoms with van der Waals surface area (Å²) in [5.41, 5.74) is 1.18.